The van der Waals surface area contributed by atoms with E-state index in [-0.39, 0.29) is 11.0 Å². The third kappa shape index (κ3) is 2.81. The first-order valence-corrected chi connectivity index (χ1v) is 6.50. The summed E-state index contributed by atoms with van der Waals surface area (Å²) in [5, 5.41) is 9.70. The Labute approximate surface area is 104 Å². The first-order chi connectivity index (χ1) is 8.62. The van der Waals surface area contributed by atoms with Gasteiger partial charge in [0.05, 0.1) is 18.9 Å². The van der Waals surface area contributed by atoms with E-state index >= 15 is 0 Å². The summed E-state index contributed by atoms with van der Waals surface area (Å²) in [6, 6.07) is 2.94. The maximum absolute atomic E-state index is 11.9. The van der Waals surface area contributed by atoms with Gasteiger partial charge in [0.2, 0.25) is 5.09 Å². The molecule has 0 amide bonds. The van der Waals surface area contributed by atoms with Crippen molar-refractivity contribution in [1.29, 1.82) is 0 Å². The van der Waals surface area contributed by atoms with Crippen molar-refractivity contribution in [2.75, 3.05) is 11.8 Å². The van der Waals surface area contributed by atoms with E-state index in [4.69, 9.17) is 4.42 Å². The molecule has 0 aliphatic carbocycles. The van der Waals surface area contributed by atoms with E-state index in [2.05, 4.69) is 25.2 Å². The van der Waals surface area contributed by atoms with E-state index < -0.39 is 10.0 Å². The van der Waals surface area contributed by atoms with Crippen molar-refractivity contribution in [2.24, 2.45) is 0 Å². The Morgan fingerprint density at radius 3 is 2.83 bits per heavy atom. The van der Waals surface area contributed by atoms with Gasteiger partial charge in [0.15, 0.2) is 0 Å². The molecule has 8 nitrogen and oxygen atoms in total. The molecule has 0 aromatic carbocycles. The largest absolute Gasteiger partial charge is 0.446 e. The second-order valence-electron chi connectivity index (χ2n) is 3.32. The summed E-state index contributed by atoms with van der Waals surface area (Å²) < 4.78 is 31.1. The van der Waals surface area contributed by atoms with Gasteiger partial charge in [-0.25, -0.2) is 9.71 Å². The van der Waals surface area contributed by atoms with Crippen molar-refractivity contribution >= 4 is 16.0 Å². The smallest absolute Gasteiger partial charge is 0.297 e. The molecule has 0 fully saturated rings. The number of nitrogens with one attached hydrogen (secondary N) is 2. The normalized spacial score (nSPS) is 11.4. The average Bonchev–Trinajstić information content (AvgIpc) is 2.80. The minimum absolute atomic E-state index is 0.107. The molecule has 2 heterocycles. The summed E-state index contributed by atoms with van der Waals surface area (Å²) in [5.41, 5.74) is 0. The van der Waals surface area contributed by atoms with E-state index in [9.17, 15) is 8.42 Å². The van der Waals surface area contributed by atoms with Gasteiger partial charge < -0.3 is 9.73 Å². The van der Waals surface area contributed by atoms with E-state index in [1.54, 1.807) is 13.1 Å². The fourth-order valence-corrected chi connectivity index (χ4v) is 2.14. The monoisotopic (exact) mass is 269 g/mol. The summed E-state index contributed by atoms with van der Waals surface area (Å²) >= 11 is 0. The second kappa shape index (κ2) is 5.10. The van der Waals surface area contributed by atoms with Gasteiger partial charge in [-0.05, 0) is 19.2 Å². The van der Waals surface area contributed by atoms with Crippen molar-refractivity contribution in [3.8, 4) is 0 Å². The zero-order valence-electron chi connectivity index (χ0n) is 9.49. The number of sulfonamides is 1. The zero-order chi connectivity index (χ0) is 13.0. The summed E-state index contributed by atoms with van der Waals surface area (Å²) in [6.07, 6.45) is 2.68. The Morgan fingerprint density at radius 2 is 2.17 bits per heavy atom. The van der Waals surface area contributed by atoms with Crippen LogP contribution in [0.3, 0.4) is 0 Å². The summed E-state index contributed by atoms with van der Waals surface area (Å²) in [7, 11) is -2.09. The van der Waals surface area contributed by atoms with Crippen LogP contribution in [0.4, 0.5) is 5.95 Å². The van der Waals surface area contributed by atoms with E-state index in [0.29, 0.717) is 12.3 Å². The Morgan fingerprint density at radius 1 is 1.33 bits per heavy atom. The van der Waals surface area contributed by atoms with Crippen LogP contribution in [0.25, 0.3) is 0 Å². The molecule has 0 bridgehead atoms. The van der Waals surface area contributed by atoms with Crippen LogP contribution in [0.2, 0.25) is 0 Å². The quantitative estimate of drug-likeness (QED) is 0.785. The molecule has 0 atom stereocenters. The summed E-state index contributed by atoms with van der Waals surface area (Å²) in [6.45, 7) is 0.443. The highest BCUT2D eigenvalue weighted by atomic mass is 32.2. The first-order valence-electron chi connectivity index (χ1n) is 5.01. The number of furan rings is 1. The molecular weight excluding hydrogens is 258 g/mol. The number of aromatic nitrogens is 3. The molecule has 0 saturated carbocycles. The fourth-order valence-electron chi connectivity index (χ4n) is 1.24. The molecule has 18 heavy (non-hydrogen) atoms. The van der Waals surface area contributed by atoms with Crippen LogP contribution in [-0.2, 0) is 16.6 Å². The molecule has 0 unspecified atom stereocenters. The predicted molar refractivity (Wildman–Crippen MR) is 62.1 cm³/mol. The number of nitrogens with zero attached hydrogens (tertiary/aromatic N) is 3. The molecule has 0 aliphatic heterocycles. The highest BCUT2D eigenvalue weighted by Crippen LogP contribution is 2.15. The number of anilines is 1. The van der Waals surface area contributed by atoms with Gasteiger partial charge in [0, 0.05) is 0 Å². The van der Waals surface area contributed by atoms with Gasteiger partial charge in [0.25, 0.3) is 16.0 Å². The highest BCUT2D eigenvalue weighted by Gasteiger charge is 2.20. The molecular formula is C9H11N5O3S. The average molecular weight is 269 g/mol. The molecule has 0 radical (unpaired) electrons. The van der Waals surface area contributed by atoms with Gasteiger partial charge in [-0.1, -0.05) is 0 Å². The Kier molecular flexibility index (Phi) is 3.53. The molecule has 0 spiro atoms. The van der Waals surface area contributed by atoms with Crippen LogP contribution < -0.4 is 10.0 Å². The molecule has 2 aromatic heterocycles. The minimum Gasteiger partial charge on any atom is -0.446 e. The molecule has 96 valence electrons. The number of hydrogen-bond donors (Lipinski definition) is 2. The van der Waals surface area contributed by atoms with E-state index in [1.807, 2.05) is 0 Å². The summed E-state index contributed by atoms with van der Waals surface area (Å²) in [4.78, 5) is 3.71. The van der Waals surface area contributed by atoms with Gasteiger partial charge >= 0.3 is 0 Å². The minimum atomic E-state index is -3.82. The Bertz CT molecular complexity index is 610. The summed E-state index contributed by atoms with van der Waals surface area (Å²) in [5.74, 6) is 0.411. The van der Waals surface area contributed by atoms with Crippen LogP contribution in [0, 0.1) is 0 Å². The number of hydrogen-bond acceptors (Lipinski definition) is 7. The molecule has 9 heteroatoms. The lowest BCUT2D eigenvalue weighted by Gasteiger charge is -2.02. The van der Waals surface area contributed by atoms with E-state index in [0.717, 1.165) is 0 Å². The van der Waals surface area contributed by atoms with Crippen molar-refractivity contribution in [2.45, 2.75) is 11.6 Å². The Hall–Kier alpha value is -2.00. The van der Waals surface area contributed by atoms with Crippen molar-refractivity contribution in [3.05, 3.63) is 30.3 Å². The lowest BCUT2D eigenvalue weighted by molar-refractivity contribution is 0.408. The lowest BCUT2D eigenvalue weighted by Crippen LogP contribution is -2.14. The Balaban J connectivity index is 2.20. The maximum Gasteiger partial charge on any atom is 0.297 e. The van der Waals surface area contributed by atoms with E-state index in [1.165, 1.54) is 18.5 Å². The molecule has 2 rings (SSSR count). The van der Waals surface area contributed by atoms with Crippen LogP contribution in [0.1, 0.15) is 5.76 Å². The highest BCUT2D eigenvalue weighted by molar-refractivity contribution is 7.92. The van der Waals surface area contributed by atoms with Crippen LogP contribution in [0.5, 0.6) is 0 Å². The third-order valence-electron chi connectivity index (χ3n) is 1.96. The molecule has 0 aliphatic rings. The van der Waals surface area contributed by atoms with Gasteiger partial charge in [-0.15, -0.1) is 5.10 Å². The van der Waals surface area contributed by atoms with Gasteiger partial charge in [-0.3, -0.25) is 0 Å². The topological polar surface area (TPSA) is 110 Å². The third-order valence-corrected chi connectivity index (χ3v) is 3.16. The first kappa shape index (κ1) is 12.5. The SMILES string of the molecule is CNCc1ccc(S(=O)(=O)Nc2nccnn2)o1. The van der Waals surface area contributed by atoms with Crippen LogP contribution in [0.15, 0.2) is 34.0 Å². The molecule has 2 aromatic rings. The van der Waals surface area contributed by atoms with Crippen LogP contribution >= 0.6 is 0 Å². The maximum atomic E-state index is 11.9. The van der Waals surface area contributed by atoms with Crippen LogP contribution in [-0.4, -0.2) is 30.6 Å². The second-order valence-corrected chi connectivity index (χ2v) is 4.94. The predicted octanol–water partition coefficient (Wildman–Crippen LogP) is -0.0152. The van der Waals surface area contributed by atoms with Crippen molar-refractivity contribution in [3.63, 3.8) is 0 Å². The van der Waals surface area contributed by atoms with Crippen molar-refractivity contribution in [1.82, 2.24) is 20.5 Å². The fraction of sp³-hybridized carbons (Fsp3) is 0.222. The molecule has 0 saturated heterocycles. The zero-order valence-corrected chi connectivity index (χ0v) is 10.3. The number of rotatable bonds is 5. The lowest BCUT2D eigenvalue weighted by atomic mass is 10.4. The van der Waals surface area contributed by atoms with Gasteiger partial charge in [0.1, 0.15) is 5.76 Å². The standard InChI is InChI=1S/C9H11N5O3S/c1-10-6-7-2-3-8(17-7)18(15,16)14-9-11-4-5-12-13-9/h2-5,10H,6H2,1H3,(H,11,13,14). The van der Waals surface area contributed by atoms with Crippen molar-refractivity contribution < 1.29 is 12.8 Å². The van der Waals surface area contributed by atoms with Gasteiger partial charge in [-0.2, -0.15) is 13.5 Å². The molecule has 2 N–H and O–H groups in total.